The van der Waals surface area contributed by atoms with Crippen LogP contribution in [0.2, 0.25) is 0 Å². The van der Waals surface area contributed by atoms with E-state index in [1.165, 1.54) is 13.2 Å². The molecule has 8 heteroatoms. The molecule has 0 bridgehead atoms. The molecule has 23 heavy (non-hydrogen) atoms. The van der Waals surface area contributed by atoms with Crippen molar-refractivity contribution in [3.05, 3.63) is 34.9 Å². The fourth-order valence-electron chi connectivity index (χ4n) is 2.00. The van der Waals surface area contributed by atoms with Gasteiger partial charge in [-0.2, -0.15) is 19.7 Å². The molecule has 0 fully saturated rings. The van der Waals surface area contributed by atoms with Crippen molar-refractivity contribution in [1.82, 2.24) is 0 Å². The minimum Gasteiger partial charge on any atom is -0.663 e. The van der Waals surface area contributed by atoms with E-state index in [2.05, 4.69) is 19.7 Å². The Labute approximate surface area is 136 Å². The van der Waals surface area contributed by atoms with Crippen molar-refractivity contribution in [1.29, 1.82) is 0 Å². The summed E-state index contributed by atoms with van der Waals surface area (Å²) < 4.78 is 15.5. The first-order valence-corrected chi connectivity index (χ1v) is 7.73. The second-order valence-electron chi connectivity index (χ2n) is 4.72. The van der Waals surface area contributed by atoms with Crippen molar-refractivity contribution in [2.24, 2.45) is 0 Å². The number of nitro benzene ring substituents is 1. The van der Waals surface area contributed by atoms with Gasteiger partial charge in [-0.25, -0.2) is 0 Å². The molecule has 6 nitrogen and oxygen atoms in total. The Hall–Kier alpha value is -2.47. The maximum absolute atomic E-state index is 11.1. The molecule has 1 rings (SSSR count). The molecule has 0 aromatic heterocycles. The third-order valence-corrected chi connectivity index (χ3v) is 3.49. The zero-order valence-corrected chi connectivity index (χ0v) is 20.7. The van der Waals surface area contributed by atoms with Crippen molar-refractivity contribution in [3.63, 3.8) is 0 Å². The fourth-order valence-corrected chi connectivity index (χ4v) is 2.22. The van der Waals surface area contributed by atoms with Crippen molar-refractivity contribution in [2.45, 2.75) is 32.3 Å². The summed E-state index contributed by atoms with van der Waals surface area (Å²) in [6.45, 7) is 0.732. The van der Waals surface area contributed by atoms with E-state index in [9.17, 15) is 10.1 Å². The Balaban J connectivity index is 0.00000484. The van der Waals surface area contributed by atoms with Gasteiger partial charge in [-0.05, 0) is 24.7 Å². The van der Waals surface area contributed by atoms with Gasteiger partial charge in [0.25, 0.3) is 5.69 Å². The van der Waals surface area contributed by atoms with E-state index >= 15 is 0 Å². The summed E-state index contributed by atoms with van der Waals surface area (Å²) in [5.74, 6) is 1.52. The fraction of sp³-hybridized carbons (Fsp3) is 0.533. The molecule has 0 radical (unpaired) electrons. The molecule has 0 saturated heterocycles. The van der Waals surface area contributed by atoms with Gasteiger partial charge in [-0.15, -0.1) is 0 Å². The van der Waals surface area contributed by atoms with Crippen LogP contribution >= 0.6 is 12.6 Å². The SMILES string of the molecule is [CH2-]Oc1cc([N+](=O)[O-])c(COCCCCCCS)cc1OC.[Rf]. The van der Waals surface area contributed by atoms with Gasteiger partial charge < -0.3 is 14.2 Å². The van der Waals surface area contributed by atoms with Crippen LogP contribution in [-0.2, 0) is 11.3 Å². The molecule has 0 unspecified atom stereocenters. The van der Waals surface area contributed by atoms with Crippen LogP contribution in [0.5, 0.6) is 11.5 Å². The van der Waals surface area contributed by atoms with Crippen LogP contribution in [0.1, 0.15) is 31.2 Å². The van der Waals surface area contributed by atoms with Crippen LogP contribution in [-0.4, -0.2) is 24.4 Å². The van der Waals surface area contributed by atoms with Crippen LogP contribution in [0.15, 0.2) is 12.1 Å². The smallest absolute Gasteiger partial charge is 0.278 e. The van der Waals surface area contributed by atoms with E-state index in [0.717, 1.165) is 31.4 Å². The van der Waals surface area contributed by atoms with Gasteiger partial charge in [-0.3, -0.25) is 10.1 Å². The predicted octanol–water partition coefficient (Wildman–Crippen LogP) is 3.78. The Morgan fingerprint density at radius 3 is 2.48 bits per heavy atom. The molecule has 0 aliphatic rings. The summed E-state index contributed by atoms with van der Waals surface area (Å²) in [5.41, 5.74) is 0.396. The van der Waals surface area contributed by atoms with E-state index < -0.39 is 4.92 Å². The summed E-state index contributed by atoms with van der Waals surface area (Å²) >= 11 is 4.16. The van der Waals surface area contributed by atoms with Gasteiger partial charge in [0.1, 0.15) is 5.75 Å². The molecule has 1 aromatic rings. The largest absolute Gasteiger partial charge is 0.663 e. The summed E-state index contributed by atoms with van der Waals surface area (Å²) in [7, 11) is 4.73. The van der Waals surface area contributed by atoms with Gasteiger partial charge >= 0.3 is 0 Å². The molecule has 0 aliphatic carbocycles. The average molecular weight is 595 g/mol. The molecule has 0 heterocycles. The molecular weight excluding hydrogens is 573 g/mol. The third-order valence-electron chi connectivity index (χ3n) is 3.17. The van der Waals surface area contributed by atoms with E-state index in [1.54, 1.807) is 6.07 Å². The molecule has 0 atom stereocenters. The number of nitro groups is 1. The first-order valence-electron chi connectivity index (χ1n) is 7.10. The minimum atomic E-state index is -0.465. The van der Waals surface area contributed by atoms with Crippen LogP contribution in [0.3, 0.4) is 0 Å². The van der Waals surface area contributed by atoms with E-state index in [-0.39, 0.29) is 18.0 Å². The Morgan fingerprint density at radius 2 is 1.91 bits per heavy atom. The van der Waals surface area contributed by atoms with E-state index in [0.29, 0.717) is 17.9 Å². The average Bonchev–Trinajstić information content (AvgIpc) is 2.53. The summed E-state index contributed by atoms with van der Waals surface area (Å²) in [4.78, 5) is 10.7. The number of methoxy groups -OCH3 is 1. The van der Waals surface area contributed by atoms with Crippen molar-refractivity contribution < 1.29 is 19.1 Å². The third kappa shape index (κ3) is 6.44. The zero-order chi connectivity index (χ0) is 16.4. The van der Waals surface area contributed by atoms with Crippen LogP contribution in [0.25, 0.3) is 0 Å². The molecule has 0 amide bonds. The van der Waals surface area contributed by atoms with Gasteiger partial charge in [0.2, 0.25) is 0 Å². The normalized spacial score (nSPS) is 10.0. The standard InChI is InChI=1S/C15H22NO5S.Rf/c1-19-14-9-12(11-21-7-5-3-4-6-8-22)13(16(17)18)10-15(14)20-2;/h9-10,22H,2-8,11H2,1H3;/q-1;. The molecule has 0 spiro atoms. The number of ether oxygens (including phenoxy) is 3. The topological polar surface area (TPSA) is 70.8 Å². The second-order valence-corrected chi connectivity index (χ2v) is 5.17. The van der Waals surface area contributed by atoms with Gasteiger partial charge in [-0.1, -0.05) is 12.8 Å². The van der Waals surface area contributed by atoms with Crippen LogP contribution in [0.4, 0.5) is 5.69 Å². The maximum atomic E-state index is 11.1. The number of hydrogen-bond donors (Lipinski definition) is 1. The molecular formula is C15H22NO5RfS-. The first kappa shape index (κ1) is 20.5. The number of thiol groups is 1. The zero-order valence-electron chi connectivity index (χ0n) is 13.5. The first-order chi connectivity index (χ1) is 10.6. The Bertz CT molecular complexity index is 487. The van der Waals surface area contributed by atoms with E-state index in [4.69, 9.17) is 14.2 Å². The number of unbranched alkanes of at least 4 members (excludes halogenated alkanes) is 3. The number of benzene rings is 1. The van der Waals surface area contributed by atoms with Crippen molar-refractivity contribution >= 4 is 18.3 Å². The number of rotatable bonds is 11. The number of hydrogen-bond acceptors (Lipinski definition) is 6. The Morgan fingerprint density at radius 1 is 1.22 bits per heavy atom. The van der Waals surface area contributed by atoms with Crippen LogP contribution < -0.4 is 9.47 Å². The molecule has 0 saturated carbocycles. The molecule has 126 valence electrons. The monoisotopic (exact) mass is 595 g/mol. The predicted molar refractivity (Wildman–Crippen MR) is 87.6 cm³/mol. The molecule has 0 aliphatic heterocycles. The minimum absolute atomic E-state index is 0. The van der Waals surface area contributed by atoms with Gasteiger partial charge in [0.15, 0.2) is 5.75 Å². The van der Waals surface area contributed by atoms with E-state index in [1.807, 2.05) is 0 Å². The quantitative estimate of drug-likeness (QED) is 0.139. The molecule has 0 N–H and O–H groups in total. The number of nitrogens with zero attached hydrogens (tertiary/aromatic N) is 1. The van der Waals surface area contributed by atoms with Crippen molar-refractivity contribution in [3.8, 4) is 11.5 Å². The summed E-state index contributed by atoms with van der Waals surface area (Å²) in [6.07, 6.45) is 4.22. The maximum Gasteiger partial charge on any atom is 0.278 e. The molecule has 1 aromatic carbocycles. The Kier molecular flexibility index (Phi) is 9.95. The summed E-state index contributed by atoms with van der Waals surface area (Å²) in [5, 5.41) is 11.1. The van der Waals surface area contributed by atoms with Crippen LogP contribution in [0, 0.1) is 17.2 Å². The second kappa shape index (κ2) is 11.1. The summed E-state index contributed by atoms with van der Waals surface area (Å²) in [6, 6.07) is 2.86. The van der Waals surface area contributed by atoms with Gasteiger partial charge in [0.05, 0.1) is 30.3 Å². The van der Waals surface area contributed by atoms with Crippen molar-refractivity contribution in [2.75, 3.05) is 19.5 Å². The van der Waals surface area contributed by atoms with Gasteiger partial charge in [0, 0.05) is 6.61 Å².